The topological polar surface area (TPSA) is 55.2 Å². The van der Waals surface area contributed by atoms with E-state index in [1.165, 1.54) is 23.9 Å². The molecule has 1 aromatic carbocycles. The Morgan fingerprint density at radius 3 is 2.42 bits per heavy atom. The smallest absolute Gasteiger partial charge is 0.274 e. The summed E-state index contributed by atoms with van der Waals surface area (Å²) in [6.07, 6.45) is 5.68. The number of hydrogen-bond donors (Lipinski definition) is 0. The molecule has 1 aliphatic carbocycles. The van der Waals surface area contributed by atoms with Crippen molar-refractivity contribution in [3.05, 3.63) is 40.3 Å². The summed E-state index contributed by atoms with van der Waals surface area (Å²) in [5.41, 5.74) is 0.240. The fraction of sp³-hybridized carbons (Fsp3) is 0.526. The van der Waals surface area contributed by atoms with Crippen molar-refractivity contribution in [3.63, 3.8) is 0 Å². The molecule has 0 unspecified atom stereocenters. The molecule has 1 saturated carbocycles. The summed E-state index contributed by atoms with van der Waals surface area (Å²) in [6, 6.07) is 7.44. The van der Waals surface area contributed by atoms with Crippen molar-refractivity contribution in [2.45, 2.75) is 58.0 Å². The van der Waals surface area contributed by atoms with Crippen LogP contribution in [-0.2, 0) is 0 Å². The molecule has 5 heteroatoms. The maximum absolute atomic E-state index is 13.1. The lowest BCUT2D eigenvalue weighted by atomic mass is 9.94. The van der Waals surface area contributed by atoms with Crippen molar-refractivity contribution >= 4 is 16.7 Å². The lowest BCUT2D eigenvalue weighted by molar-refractivity contribution is 0.0689. The van der Waals surface area contributed by atoms with E-state index in [4.69, 9.17) is 0 Å². The monoisotopic (exact) mass is 327 g/mol. The van der Waals surface area contributed by atoms with Gasteiger partial charge in [0.05, 0.1) is 11.4 Å². The highest BCUT2D eigenvalue weighted by atomic mass is 16.2. The SMILES string of the molecule is CC(C)n1nc(C(=O)N(C)C2CCCCC2)c2ccccc2c1=O. The largest absolute Gasteiger partial charge is 0.337 e. The lowest BCUT2D eigenvalue weighted by Crippen LogP contribution is -2.40. The third kappa shape index (κ3) is 2.95. The number of aromatic nitrogens is 2. The Balaban J connectivity index is 2.09. The van der Waals surface area contributed by atoms with Crippen molar-refractivity contribution in [2.24, 2.45) is 0 Å². The first-order valence-corrected chi connectivity index (χ1v) is 8.79. The highest BCUT2D eigenvalue weighted by Crippen LogP contribution is 2.24. The van der Waals surface area contributed by atoms with Crippen molar-refractivity contribution in [1.82, 2.24) is 14.7 Å². The number of amides is 1. The average Bonchev–Trinajstić information content (AvgIpc) is 2.61. The van der Waals surface area contributed by atoms with Crippen LogP contribution in [0.15, 0.2) is 29.1 Å². The fourth-order valence-corrected chi connectivity index (χ4v) is 3.52. The number of nitrogens with zero attached hydrogens (tertiary/aromatic N) is 3. The van der Waals surface area contributed by atoms with Crippen LogP contribution in [0, 0.1) is 0 Å². The second kappa shape index (κ2) is 6.75. The summed E-state index contributed by atoms with van der Waals surface area (Å²) in [5, 5.41) is 5.63. The maximum atomic E-state index is 13.1. The number of rotatable bonds is 3. The average molecular weight is 327 g/mol. The molecule has 0 atom stereocenters. The number of fused-ring (bicyclic) bond motifs is 1. The molecule has 1 heterocycles. The van der Waals surface area contributed by atoms with E-state index in [1.54, 1.807) is 6.07 Å². The van der Waals surface area contributed by atoms with Gasteiger partial charge in [-0.05, 0) is 32.8 Å². The predicted molar refractivity (Wildman–Crippen MR) is 95.4 cm³/mol. The molecule has 0 N–H and O–H groups in total. The van der Waals surface area contributed by atoms with Crippen molar-refractivity contribution in [2.75, 3.05) is 7.05 Å². The Hall–Kier alpha value is -2.17. The molecule has 128 valence electrons. The quantitative estimate of drug-likeness (QED) is 0.868. The van der Waals surface area contributed by atoms with Crippen LogP contribution in [0.1, 0.15) is 62.5 Å². The molecular formula is C19H25N3O2. The van der Waals surface area contributed by atoms with Crippen LogP contribution in [0.4, 0.5) is 0 Å². The van der Waals surface area contributed by atoms with E-state index in [1.807, 2.05) is 44.0 Å². The van der Waals surface area contributed by atoms with E-state index >= 15 is 0 Å². The molecule has 24 heavy (non-hydrogen) atoms. The Bertz CT molecular complexity index is 804. The van der Waals surface area contributed by atoms with Crippen LogP contribution in [0.25, 0.3) is 10.8 Å². The van der Waals surface area contributed by atoms with Gasteiger partial charge in [0.15, 0.2) is 5.69 Å². The highest BCUT2D eigenvalue weighted by Gasteiger charge is 2.26. The Morgan fingerprint density at radius 2 is 1.79 bits per heavy atom. The molecule has 0 saturated heterocycles. The third-order valence-electron chi connectivity index (χ3n) is 4.96. The second-order valence-corrected chi connectivity index (χ2v) is 6.95. The van der Waals surface area contributed by atoms with Gasteiger partial charge in [0.25, 0.3) is 11.5 Å². The minimum absolute atomic E-state index is 0.0892. The molecule has 0 spiro atoms. The summed E-state index contributed by atoms with van der Waals surface area (Å²) >= 11 is 0. The van der Waals surface area contributed by atoms with Crippen molar-refractivity contribution < 1.29 is 4.79 Å². The van der Waals surface area contributed by atoms with E-state index in [2.05, 4.69) is 5.10 Å². The van der Waals surface area contributed by atoms with E-state index < -0.39 is 0 Å². The maximum Gasteiger partial charge on any atom is 0.274 e. The molecule has 0 radical (unpaired) electrons. The van der Waals surface area contributed by atoms with Crippen molar-refractivity contribution in [1.29, 1.82) is 0 Å². The number of carbonyl (C=O) groups is 1. The molecule has 1 aromatic heterocycles. The summed E-state index contributed by atoms with van der Waals surface area (Å²) in [7, 11) is 1.86. The minimum Gasteiger partial charge on any atom is -0.337 e. The van der Waals surface area contributed by atoms with Gasteiger partial charge in [-0.15, -0.1) is 0 Å². The second-order valence-electron chi connectivity index (χ2n) is 6.95. The zero-order chi connectivity index (χ0) is 17.3. The summed E-state index contributed by atoms with van der Waals surface area (Å²) in [4.78, 5) is 27.5. The third-order valence-corrected chi connectivity index (χ3v) is 4.96. The molecule has 5 nitrogen and oxygen atoms in total. The number of carbonyl (C=O) groups excluding carboxylic acids is 1. The fourth-order valence-electron chi connectivity index (χ4n) is 3.52. The summed E-state index contributed by atoms with van der Waals surface area (Å²) in [6.45, 7) is 3.81. The molecule has 0 aliphatic heterocycles. The highest BCUT2D eigenvalue weighted by molar-refractivity contribution is 6.04. The van der Waals surface area contributed by atoms with Crippen LogP contribution >= 0.6 is 0 Å². The zero-order valence-electron chi connectivity index (χ0n) is 14.7. The molecule has 1 aliphatic rings. The Labute approximate surface area is 142 Å². The predicted octanol–water partition coefficient (Wildman–Crippen LogP) is 3.38. The van der Waals surface area contributed by atoms with E-state index in [-0.39, 0.29) is 23.6 Å². The molecule has 2 aromatic rings. The van der Waals surface area contributed by atoms with Crippen LogP contribution in [0.5, 0.6) is 0 Å². The van der Waals surface area contributed by atoms with Crippen LogP contribution in [0.2, 0.25) is 0 Å². The lowest BCUT2D eigenvalue weighted by Gasteiger charge is -2.31. The van der Waals surface area contributed by atoms with E-state index in [0.717, 1.165) is 12.8 Å². The van der Waals surface area contributed by atoms with Gasteiger partial charge in [-0.3, -0.25) is 9.59 Å². The molecule has 1 amide bonds. The summed E-state index contributed by atoms with van der Waals surface area (Å²) < 4.78 is 1.42. The van der Waals surface area contributed by atoms with Gasteiger partial charge in [0.2, 0.25) is 0 Å². The van der Waals surface area contributed by atoms with Gasteiger partial charge >= 0.3 is 0 Å². The Morgan fingerprint density at radius 1 is 1.17 bits per heavy atom. The molecule has 1 fully saturated rings. The normalized spacial score (nSPS) is 15.8. The van der Waals surface area contributed by atoms with Crippen LogP contribution < -0.4 is 5.56 Å². The standard InChI is InChI=1S/C19H25N3O2/c1-13(2)22-18(23)16-12-8-7-11-15(16)17(20-22)19(24)21(3)14-9-5-4-6-10-14/h7-8,11-14H,4-6,9-10H2,1-3H3. The first-order valence-electron chi connectivity index (χ1n) is 8.79. The van der Waals surface area contributed by atoms with E-state index in [9.17, 15) is 9.59 Å². The zero-order valence-corrected chi connectivity index (χ0v) is 14.7. The first-order chi connectivity index (χ1) is 11.5. The van der Waals surface area contributed by atoms with Gasteiger partial charge in [-0.1, -0.05) is 37.5 Å². The molecule has 3 rings (SSSR count). The first kappa shape index (κ1) is 16.7. The van der Waals surface area contributed by atoms with Gasteiger partial charge in [0, 0.05) is 18.5 Å². The van der Waals surface area contributed by atoms with Gasteiger partial charge in [-0.2, -0.15) is 5.10 Å². The molecular weight excluding hydrogens is 302 g/mol. The Kier molecular flexibility index (Phi) is 4.69. The van der Waals surface area contributed by atoms with Gasteiger partial charge < -0.3 is 4.90 Å². The van der Waals surface area contributed by atoms with Crippen LogP contribution in [0.3, 0.4) is 0 Å². The summed E-state index contributed by atoms with van der Waals surface area (Å²) in [5.74, 6) is -0.0903. The van der Waals surface area contributed by atoms with Crippen LogP contribution in [-0.4, -0.2) is 33.7 Å². The minimum atomic E-state index is -0.141. The number of hydrogen-bond acceptors (Lipinski definition) is 3. The van der Waals surface area contributed by atoms with Gasteiger partial charge in [0.1, 0.15) is 0 Å². The van der Waals surface area contributed by atoms with Crippen molar-refractivity contribution in [3.8, 4) is 0 Å². The van der Waals surface area contributed by atoms with E-state index in [0.29, 0.717) is 16.5 Å². The number of benzene rings is 1. The van der Waals surface area contributed by atoms with Gasteiger partial charge in [-0.25, -0.2) is 4.68 Å². The molecule has 0 bridgehead atoms.